The maximum Gasteiger partial charge on any atom is 0.387 e. The number of hydrogen-bond acceptors (Lipinski definition) is 4. The molecule has 0 aliphatic carbocycles. The molecule has 0 spiro atoms. The molecule has 1 N–H and O–H groups in total. The van der Waals surface area contributed by atoms with Gasteiger partial charge in [0.05, 0.1) is 5.56 Å². The van der Waals surface area contributed by atoms with Gasteiger partial charge in [-0.05, 0) is 56.2 Å². The van der Waals surface area contributed by atoms with E-state index < -0.39 is 25.1 Å². The van der Waals surface area contributed by atoms with Gasteiger partial charge in [0.15, 0.2) is 6.61 Å². The molecule has 26 heavy (non-hydrogen) atoms. The van der Waals surface area contributed by atoms with Crippen LogP contribution < -0.4 is 10.1 Å². The number of alkyl halides is 2. The van der Waals surface area contributed by atoms with Crippen LogP contribution in [-0.4, -0.2) is 25.1 Å². The van der Waals surface area contributed by atoms with Crippen molar-refractivity contribution in [2.75, 3.05) is 11.9 Å². The van der Waals surface area contributed by atoms with E-state index in [9.17, 15) is 18.4 Å². The number of anilines is 1. The van der Waals surface area contributed by atoms with E-state index >= 15 is 0 Å². The predicted molar refractivity (Wildman–Crippen MR) is 92.6 cm³/mol. The Balaban J connectivity index is 1.92. The second-order valence-corrected chi connectivity index (χ2v) is 5.80. The van der Waals surface area contributed by atoms with Gasteiger partial charge in [-0.1, -0.05) is 17.7 Å². The number of nitrogens with one attached hydrogen (secondary N) is 1. The molecule has 2 rings (SSSR count). The zero-order chi connectivity index (χ0) is 19.3. The molecule has 138 valence electrons. The van der Waals surface area contributed by atoms with Crippen molar-refractivity contribution >= 4 is 17.6 Å². The number of amides is 1. The minimum absolute atomic E-state index is 0.0698. The average molecular weight is 363 g/mol. The highest BCUT2D eigenvalue weighted by atomic mass is 19.3. The normalized spacial score (nSPS) is 10.5. The van der Waals surface area contributed by atoms with Crippen molar-refractivity contribution in [3.05, 3.63) is 58.7 Å². The first-order valence-corrected chi connectivity index (χ1v) is 7.86. The number of ether oxygens (including phenoxy) is 2. The van der Waals surface area contributed by atoms with E-state index in [2.05, 4.69) is 10.1 Å². The fourth-order valence-corrected chi connectivity index (χ4v) is 2.54. The molecule has 0 bridgehead atoms. The number of benzene rings is 2. The molecule has 0 unspecified atom stereocenters. The van der Waals surface area contributed by atoms with Crippen molar-refractivity contribution in [1.29, 1.82) is 0 Å². The second-order valence-electron chi connectivity index (χ2n) is 5.80. The third-order valence-electron chi connectivity index (χ3n) is 3.59. The van der Waals surface area contributed by atoms with Crippen LogP contribution >= 0.6 is 0 Å². The fraction of sp³-hybridized carbons (Fsp3) is 0.263. The van der Waals surface area contributed by atoms with Crippen LogP contribution in [0.2, 0.25) is 0 Å². The summed E-state index contributed by atoms with van der Waals surface area (Å²) in [4.78, 5) is 23.9. The minimum Gasteiger partial charge on any atom is -0.452 e. The van der Waals surface area contributed by atoms with E-state index in [-0.39, 0.29) is 11.3 Å². The van der Waals surface area contributed by atoms with Gasteiger partial charge in [-0.25, -0.2) is 4.79 Å². The third-order valence-corrected chi connectivity index (χ3v) is 3.59. The van der Waals surface area contributed by atoms with Crippen LogP contribution in [-0.2, 0) is 9.53 Å². The molecule has 0 saturated carbocycles. The van der Waals surface area contributed by atoms with E-state index in [0.29, 0.717) is 5.69 Å². The van der Waals surface area contributed by atoms with Crippen LogP contribution in [0.5, 0.6) is 5.75 Å². The summed E-state index contributed by atoms with van der Waals surface area (Å²) in [6, 6.07) is 8.90. The summed E-state index contributed by atoms with van der Waals surface area (Å²) in [6.07, 6.45) is 0. The van der Waals surface area contributed by atoms with Crippen LogP contribution in [0.3, 0.4) is 0 Å². The smallest absolute Gasteiger partial charge is 0.387 e. The van der Waals surface area contributed by atoms with Crippen molar-refractivity contribution in [3.63, 3.8) is 0 Å². The first-order valence-electron chi connectivity index (χ1n) is 7.86. The summed E-state index contributed by atoms with van der Waals surface area (Å²) >= 11 is 0. The second kappa shape index (κ2) is 8.42. The van der Waals surface area contributed by atoms with Crippen molar-refractivity contribution in [2.45, 2.75) is 27.4 Å². The number of esters is 1. The van der Waals surface area contributed by atoms with Gasteiger partial charge in [0.25, 0.3) is 5.91 Å². The number of carbonyl (C=O) groups is 2. The Morgan fingerprint density at radius 3 is 2.15 bits per heavy atom. The Labute approximate surface area is 149 Å². The lowest BCUT2D eigenvalue weighted by Gasteiger charge is -2.13. The van der Waals surface area contributed by atoms with Gasteiger partial charge in [-0.2, -0.15) is 8.78 Å². The van der Waals surface area contributed by atoms with Crippen molar-refractivity contribution in [3.8, 4) is 5.75 Å². The monoisotopic (exact) mass is 363 g/mol. The van der Waals surface area contributed by atoms with Crippen molar-refractivity contribution < 1.29 is 27.8 Å². The Kier molecular flexibility index (Phi) is 6.27. The SMILES string of the molecule is Cc1cc(C)c(NC(=O)COC(=O)c2ccc(OC(F)F)cc2)c(C)c1. The zero-order valence-corrected chi connectivity index (χ0v) is 14.6. The number of rotatable bonds is 6. The molecule has 0 heterocycles. The van der Waals surface area contributed by atoms with E-state index in [1.165, 1.54) is 24.3 Å². The molecule has 5 nitrogen and oxygen atoms in total. The maximum absolute atomic E-state index is 12.1. The standard InChI is InChI=1S/C19H19F2NO4/c1-11-8-12(2)17(13(3)9-11)22-16(23)10-25-18(24)14-4-6-15(7-5-14)26-19(20)21/h4-9,19H,10H2,1-3H3,(H,22,23). The van der Waals surface area contributed by atoms with Gasteiger partial charge >= 0.3 is 12.6 Å². The molecule has 0 aliphatic heterocycles. The molecule has 1 amide bonds. The maximum atomic E-state index is 12.1. The van der Waals surface area contributed by atoms with Gasteiger partial charge < -0.3 is 14.8 Å². The summed E-state index contributed by atoms with van der Waals surface area (Å²) in [6.45, 7) is 2.33. The summed E-state index contributed by atoms with van der Waals surface area (Å²) in [5.74, 6) is -1.27. The summed E-state index contributed by atoms with van der Waals surface area (Å²) in [5, 5.41) is 2.72. The predicted octanol–water partition coefficient (Wildman–Crippen LogP) is 4.01. The zero-order valence-electron chi connectivity index (χ0n) is 14.6. The molecule has 0 aliphatic rings. The van der Waals surface area contributed by atoms with Crippen molar-refractivity contribution in [1.82, 2.24) is 0 Å². The lowest BCUT2D eigenvalue weighted by Crippen LogP contribution is -2.22. The summed E-state index contributed by atoms with van der Waals surface area (Å²) in [5.41, 5.74) is 3.73. The molecule has 2 aromatic rings. The molecular weight excluding hydrogens is 344 g/mol. The first kappa shape index (κ1) is 19.4. The van der Waals surface area contributed by atoms with Crippen LogP contribution in [0.15, 0.2) is 36.4 Å². The van der Waals surface area contributed by atoms with E-state index in [1.807, 2.05) is 32.9 Å². The number of halogens is 2. The Bertz CT molecular complexity index is 781. The summed E-state index contributed by atoms with van der Waals surface area (Å²) < 4.78 is 33.3. The number of hydrogen-bond donors (Lipinski definition) is 1. The lowest BCUT2D eigenvalue weighted by atomic mass is 10.1. The number of aryl methyl sites for hydroxylation is 3. The van der Waals surface area contributed by atoms with E-state index in [0.717, 1.165) is 16.7 Å². The molecule has 0 radical (unpaired) electrons. The molecule has 0 fully saturated rings. The highest BCUT2D eigenvalue weighted by molar-refractivity contribution is 5.96. The molecule has 7 heteroatoms. The summed E-state index contributed by atoms with van der Waals surface area (Å²) in [7, 11) is 0. The first-order chi connectivity index (χ1) is 12.3. The molecule has 0 saturated heterocycles. The van der Waals surface area contributed by atoms with Gasteiger partial charge in [-0.15, -0.1) is 0 Å². The molecule has 0 aromatic heterocycles. The van der Waals surface area contributed by atoms with Crippen LogP contribution in [0.25, 0.3) is 0 Å². The third kappa shape index (κ3) is 5.27. The number of carbonyl (C=O) groups excluding carboxylic acids is 2. The highest BCUT2D eigenvalue weighted by Gasteiger charge is 2.13. The van der Waals surface area contributed by atoms with E-state index in [1.54, 1.807) is 0 Å². The Hall–Kier alpha value is -2.96. The largest absolute Gasteiger partial charge is 0.452 e. The topological polar surface area (TPSA) is 64.6 Å². The minimum atomic E-state index is -2.94. The van der Waals surface area contributed by atoms with Gasteiger partial charge in [0.1, 0.15) is 5.75 Å². The lowest BCUT2D eigenvalue weighted by molar-refractivity contribution is -0.119. The molecular formula is C19H19F2NO4. The van der Waals surface area contributed by atoms with Crippen LogP contribution in [0.4, 0.5) is 14.5 Å². The quantitative estimate of drug-likeness (QED) is 0.788. The fourth-order valence-electron chi connectivity index (χ4n) is 2.54. The molecule has 0 atom stereocenters. The van der Waals surface area contributed by atoms with Gasteiger partial charge in [0, 0.05) is 5.69 Å². The van der Waals surface area contributed by atoms with Gasteiger partial charge in [-0.3, -0.25) is 4.79 Å². The Morgan fingerprint density at radius 1 is 1.04 bits per heavy atom. The van der Waals surface area contributed by atoms with Crippen LogP contribution in [0, 0.1) is 20.8 Å². The Morgan fingerprint density at radius 2 is 1.62 bits per heavy atom. The van der Waals surface area contributed by atoms with Crippen LogP contribution in [0.1, 0.15) is 27.0 Å². The highest BCUT2D eigenvalue weighted by Crippen LogP contribution is 2.22. The van der Waals surface area contributed by atoms with Crippen molar-refractivity contribution in [2.24, 2.45) is 0 Å². The van der Waals surface area contributed by atoms with E-state index in [4.69, 9.17) is 4.74 Å². The van der Waals surface area contributed by atoms with Gasteiger partial charge in [0.2, 0.25) is 0 Å². The molecule has 2 aromatic carbocycles. The average Bonchev–Trinajstić information content (AvgIpc) is 2.56.